The molecule has 0 unspecified atom stereocenters. The standard InChI is InChI=1S/C22H23N3O3/c1-13-5-6-18-16(7-13)17(9-23-18)21(22(27)28)24-10-14-8-15(12-24)19-3-2-4-20(26)25(19)11-14/h2-7,9,14-15,21,23H,8,10-12H2,1H3,(H,27,28)/t14-,15-,21-/m0/s1. The number of pyridine rings is 1. The molecular formula is C22H23N3O3. The SMILES string of the molecule is Cc1ccc2[nH]cc([C@@H](C(=O)O)N3C[C@@H]4C[C@@H](C3)c3cccc(=O)n3C4)c2c1. The highest BCUT2D eigenvalue weighted by Crippen LogP contribution is 2.39. The van der Waals surface area contributed by atoms with Crippen molar-refractivity contribution in [1.82, 2.24) is 14.5 Å². The summed E-state index contributed by atoms with van der Waals surface area (Å²) in [6.45, 7) is 4.02. The summed E-state index contributed by atoms with van der Waals surface area (Å²) in [6, 6.07) is 10.8. The molecule has 28 heavy (non-hydrogen) atoms. The molecule has 0 amide bonds. The number of carbonyl (C=O) groups is 1. The number of hydrogen-bond acceptors (Lipinski definition) is 3. The Kier molecular flexibility index (Phi) is 3.91. The molecule has 144 valence electrons. The van der Waals surface area contributed by atoms with Crippen LogP contribution in [0.1, 0.15) is 35.2 Å². The fraction of sp³-hybridized carbons (Fsp3) is 0.364. The maximum Gasteiger partial charge on any atom is 0.325 e. The van der Waals surface area contributed by atoms with E-state index in [1.165, 1.54) is 0 Å². The lowest BCUT2D eigenvalue weighted by atomic mass is 9.82. The molecule has 0 radical (unpaired) electrons. The summed E-state index contributed by atoms with van der Waals surface area (Å²) in [4.78, 5) is 29.9. The van der Waals surface area contributed by atoms with Crippen molar-refractivity contribution in [2.45, 2.75) is 31.8 Å². The van der Waals surface area contributed by atoms with Gasteiger partial charge in [-0.2, -0.15) is 0 Å². The zero-order valence-corrected chi connectivity index (χ0v) is 15.8. The number of carboxylic acids is 1. The normalized spacial score (nSPS) is 22.8. The lowest BCUT2D eigenvalue weighted by molar-refractivity contribution is -0.144. The van der Waals surface area contributed by atoms with Crippen LogP contribution in [-0.4, -0.2) is 38.6 Å². The van der Waals surface area contributed by atoms with Crippen LogP contribution >= 0.6 is 0 Å². The number of fused-ring (bicyclic) bond motifs is 5. The monoisotopic (exact) mass is 377 g/mol. The number of piperidine rings is 1. The highest BCUT2D eigenvalue weighted by molar-refractivity contribution is 5.89. The van der Waals surface area contributed by atoms with Gasteiger partial charge in [-0.1, -0.05) is 17.7 Å². The number of aromatic nitrogens is 2. The summed E-state index contributed by atoms with van der Waals surface area (Å²) in [5.41, 5.74) is 3.97. The molecule has 6 heteroatoms. The van der Waals surface area contributed by atoms with Crippen molar-refractivity contribution in [3.63, 3.8) is 0 Å². The second kappa shape index (κ2) is 6.34. The van der Waals surface area contributed by atoms with E-state index < -0.39 is 12.0 Å². The lowest BCUT2D eigenvalue weighted by Crippen LogP contribution is -2.49. The molecule has 5 rings (SSSR count). The van der Waals surface area contributed by atoms with Gasteiger partial charge >= 0.3 is 5.97 Å². The molecule has 0 aliphatic carbocycles. The minimum Gasteiger partial charge on any atom is -0.480 e. The summed E-state index contributed by atoms with van der Waals surface area (Å²) in [5, 5.41) is 11.1. The first-order valence-corrected chi connectivity index (χ1v) is 9.75. The van der Waals surface area contributed by atoms with E-state index in [0.717, 1.165) is 34.1 Å². The number of aryl methyl sites for hydroxylation is 1. The highest BCUT2D eigenvalue weighted by Gasteiger charge is 2.40. The number of hydrogen-bond donors (Lipinski definition) is 2. The molecule has 2 bridgehead atoms. The van der Waals surface area contributed by atoms with E-state index in [2.05, 4.69) is 16.0 Å². The topological polar surface area (TPSA) is 78.3 Å². The van der Waals surface area contributed by atoms with Gasteiger partial charge in [0.1, 0.15) is 6.04 Å². The van der Waals surface area contributed by atoms with Gasteiger partial charge in [-0.3, -0.25) is 14.5 Å². The number of aromatic amines is 1. The van der Waals surface area contributed by atoms with E-state index in [4.69, 9.17) is 0 Å². The average molecular weight is 377 g/mol. The van der Waals surface area contributed by atoms with Crippen molar-refractivity contribution in [3.8, 4) is 0 Å². The molecule has 1 saturated heterocycles. The third-order valence-corrected chi connectivity index (χ3v) is 6.27. The lowest BCUT2D eigenvalue weighted by Gasteiger charge is -2.44. The van der Waals surface area contributed by atoms with Crippen LogP contribution in [0.5, 0.6) is 0 Å². The molecule has 3 atom stereocenters. The van der Waals surface area contributed by atoms with E-state index in [9.17, 15) is 14.7 Å². The van der Waals surface area contributed by atoms with Gasteiger partial charge in [0.05, 0.1) is 0 Å². The first-order valence-electron chi connectivity index (χ1n) is 9.75. The maximum atomic E-state index is 12.3. The molecule has 1 aromatic carbocycles. The van der Waals surface area contributed by atoms with Crippen LogP contribution in [0.15, 0.2) is 47.4 Å². The first-order chi connectivity index (χ1) is 13.5. The Balaban J connectivity index is 1.55. The van der Waals surface area contributed by atoms with Crippen LogP contribution in [0.4, 0.5) is 0 Å². The summed E-state index contributed by atoms with van der Waals surface area (Å²) in [7, 11) is 0. The van der Waals surface area contributed by atoms with Crippen molar-refractivity contribution < 1.29 is 9.90 Å². The van der Waals surface area contributed by atoms with Crippen LogP contribution in [0.25, 0.3) is 10.9 Å². The van der Waals surface area contributed by atoms with Gasteiger partial charge in [0.25, 0.3) is 5.56 Å². The van der Waals surface area contributed by atoms with Crippen LogP contribution in [0.3, 0.4) is 0 Å². The van der Waals surface area contributed by atoms with Crippen molar-refractivity contribution in [1.29, 1.82) is 0 Å². The summed E-state index contributed by atoms with van der Waals surface area (Å²) >= 11 is 0. The van der Waals surface area contributed by atoms with E-state index in [1.807, 2.05) is 42.0 Å². The Morgan fingerprint density at radius 2 is 2.07 bits per heavy atom. The Morgan fingerprint density at radius 1 is 1.21 bits per heavy atom. The molecule has 2 aliphatic heterocycles. The van der Waals surface area contributed by atoms with Gasteiger partial charge in [-0.05, 0) is 37.5 Å². The van der Waals surface area contributed by atoms with Crippen molar-refractivity contribution in [2.75, 3.05) is 13.1 Å². The molecule has 2 aliphatic rings. The number of likely N-dealkylation sites (tertiary alicyclic amines) is 1. The van der Waals surface area contributed by atoms with E-state index in [1.54, 1.807) is 6.07 Å². The number of nitrogens with zero attached hydrogens (tertiary/aromatic N) is 2. The Hall–Kier alpha value is -2.86. The van der Waals surface area contributed by atoms with Gasteiger partial charge in [-0.15, -0.1) is 0 Å². The summed E-state index contributed by atoms with van der Waals surface area (Å²) < 4.78 is 1.88. The molecule has 6 nitrogen and oxygen atoms in total. The predicted molar refractivity (Wildman–Crippen MR) is 107 cm³/mol. The number of rotatable bonds is 3. The van der Waals surface area contributed by atoms with E-state index in [0.29, 0.717) is 25.6 Å². The number of aliphatic carboxylic acids is 1. The molecule has 1 fully saturated rings. The predicted octanol–water partition coefficient (Wildman–Crippen LogP) is 2.88. The van der Waals surface area contributed by atoms with Gasteiger partial charge in [0.15, 0.2) is 0 Å². The second-order valence-electron chi connectivity index (χ2n) is 8.19. The van der Waals surface area contributed by atoms with Crippen molar-refractivity contribution in [3.05, 3.63) is 69.8 Å². The zero-order valence-electron chi connectivity index (χ0n) is 15.8. The molecule has 0 spiro atoms. The average Bonchev–Trinajstić information content (AvgIpc) is 3.05. The molecule has 0 saturated carbocycles. The second-order valence-corrected chi connectivity index (χ2v) is 8.19. The first kappa shape index (κ1) is 17.3. The van der Waals surface area contributed by atoms with Gasteiger partial charge in [0, 0.05) is 60.0 Å². The van der Waals surface area contributed by atoms with Crippen LogP contribution in [0, 0.1) is 12.8 Å². The fourth-order valence-corrected chi connectivity index (χ4v) is 5.11. The summed E-state index contributed by atoms with van der Waals surface area (Å²) in [6.07, 6.45) is 2.85. The molecule has 2 N–H and O–H groups in total. The Morgan fingerprint density at radius 3 is 2.89 bits per heavy atom. The highest BCUT2D eigenvalue weighted by atomic mass is 16.4. The molecule has 4 heterocycles. The molecular weight excluding hydrogens is 354 g/mol. The van der Waals surface area contributed by atoms with Crippen LogP contribution in [-0.2, 0) is 11.3 Å². The number of benzene rings is 1. The largest absolute Gasteiger partial charge is 0.480 e. The summed E-state index contributed by atoms with van der Waals surface area (Å²) in [5.74, 6) is -0.344. The fourth-order valence-electron chi connectivity index (χ4n) is 5.11. The van der Waals surface area contributed by atoms with Gasteiger partial charge in [-0.25, -0.2) is 0 Å². The van der Waals surface area contributed by atoms with Crippen molar-refractivity contribution in [2.24, 2.45) is 5.92 Å². The van der Waals surface area contributed by atoms with E-state index in [-0.39, 0.29) is 11.5 Å². The molecule has 2 aromatic heterocycles. The molecule has 3 aromatic rings. The van der Waals surface area contributed by atoms with Crippen LogP contribution in [0.2, 0.25) is 0 Å². The Labute approximate surface area is 162 Å². The minimum atomic E-state index is -0.826. The number of H-pyrrole nitrogens is 1. The third-order valence-electron chi connectivity index (χ3n) is 6.27. The number of nitrogens with one attached hydrogen (secondary N) is 1. The Bertz CT molecular complexity index is 1130. The smallest absolute Gasteiger partial charge is 0.325 e. The number of carboxylic acid groups (broad SMARTS) is 1. The van der Waals surface area contributed by atoms with Gasteiger partial charge in [0.2, 0.25) is 0 Å². The third kappa shape index (κ3) is 2.67. The minimum absolute atomic E-state index is 0.0440. The quantitative estimate of drug-likeness (QED) is 0.736. The maximum absolute atomic E-state index is 12.3. The zero-order chi connectivity index (χ0) is 19.4. The van der Waals surface area contributed by atoms with Crippen molar-refractivity contribution >= 4 is 16.9 Å². The van der Waals surface area contributed by atoms with Crippen LogP contribution < -0.4 is 5.56 Å². The van der Waals surface area contributed by atoms with Gasteiger partial charge < -0.3 is 14.7 Å². The van der Waals surface area contributed by atoms with E-state index >= 15 is 0 Å².